The smallest absolute Gasteiger partial charge is 0.238 e. The van der Waals surface area contributed by atoms with Crippen molar-refractivity contribution in [1.29, 1.82) is 0 Å². The largest absolute Gasteiger partial charge is 0.353 e. The Balaban J connectivity index is 1.60. The van der Waals surface area contributed by atoms with E-state index >= 15 is 0 Å². The first kappa shape index (κ1) is 19.2. The molecule has 1 aliphatic heterocycles. The second-order valence-corrected chi connectivity index (χ2v) is 8.43. The lowest BCUT2D eigenvalue weighted by molar-refractivity contribution is -0.131. The van der Waals surface area contributed by atoms with Crippen molar-refractivity contribution in [3.8, 4) is 0 Å². The summed E-state index contributed by atoms with van der Waals surface area (Å²) in [6.45, 7) is 2.39. The Kier molecular flexibility index (Phi) is 6.02. The summed E-state index contributed by atoms with van der Waals surface area (Å²) in [4.78, 5) is 24.8. The van der Waals surface area contributed by atoms with Crippen molar-refractivity contribution in [2.45, 2.75) is 6.54 Å². The fourth-order valence-corrected chi connectivity index (χ4v) is 3.69. The molecule has 0 atom stereocenters. The van der Waals surface area contributed by atoms with Gasteiger partial charge in [-0.25, -0.2) is 13.4 Å². The first-order chi connectivity index (χ1) is 12.9. The predicted molar refractivity (Wildman–Crippen MR) is 103 cm³/mol. The molecule has 9 heteroatoms. The van der Waals surface area contributed by atoms with E-state index in [-0.39, 0.29) is 19.0 Å². The first-order valence-corrected chi connectivity index (χ1v) is 10.6. The lowest BCUT2D eigenvalue weighted by Gasteiger charge is -2.36. The third-order valence-corrected chi connectivity index (χ3v) is 5.66. The quantitative estimate of drug-likeness (QED) is 0.719. The Labute approximate surface area is 159 Å². The highest BCUT2D eigenvalue weighted by atomic mass is 32.2. The molecule has 0 radical (unpaired) electrons. The molecule has 1 saturated heterocycles. The lowest BCUT2D eigenvalue weighted by Crippen LogP contribution is -2.51. The first-order valence-electron chi connectivity index (χ1n) is 8.71. The summed E-state index contributed by atoms with van der Waals surface area (Å²) in [5, 5.41) is 0. The second kappa shape index (κ2) is 8.45. The van der Waals surface area contributed by atoms with Crippen LogP contribution in [0.25, 0.3) is 0 Å². The van der Waals surface area contributed by atoms with Gasteiger partial charge in [0, 0.05) is 51.3 Å². The molecule has 0 unspecified atom stereocenters. The maximum atomic E-state index is 12.7. The zero-order valence-electron chi connectivity index (χ0n) is 15.2. The Morgan fingerprint density at radius 1 is 1.11 bits per heavy atom. The number of anilines is 1. The van der Waals surface area contributed by atoms with Crippen molar-refractivity contribution in [3.63, 3.8) is 0 Å². The van der Waals surface area contributed by atoms with Gasteiger partial charge in [-0.1, -0.05) is 12.1 Å². The molecule has 0 bridgehead atoms. The summed E-state index contributed by atoms with van der Waals surface area (Å²) >= 11 is 0. The van der Waals surface area contributed by atoms with E-state index in [0.29, 0.717) is 26.2 Å². The van der Waals surface area contributed by atoms with Crippen LogP contribution < -0.4 is 4.90 Å². The SMILES string of the molecule is CS(=O)(=O)N(CC(=O)N1CCN(c2ccccn2)CC1)Cc1cccnc1. The fraction of sp³-hybridized carbons (Fsp3) is 0.389. The highest BCUT2D eigenvalue weighted by Gasteiger charge is 2.26. The van der Waals surface area contributed by atoms with Crippen molar-refractivity contribution >= 4 is 21.7 Å². The van der Waals surface area contributed by atoms with Gasteiger partial charge in [-0.15, -0.1) is 0 Å². The number of piperazine rings is 1. The fourth-order valence-electron chi connectivity index (χ4n) is 2.96. The molecule has 27 heavy (non-hydrogen) atoms. The topological polar surface area (TPSA) is 86.7 Å². The number of aromatic nitrogens is 2. The maximum Gasteiger partial charge on any atom is 0.238 e. The number of hydrogen-bond donors (Lipinski definition) is 0. The lowest BCUT2D eigenvalue weighted by atomic mass is 10.2. The van der Waals surface area contributed by atoms with E-state index in [1.54, 1.807) is 35.6 Å². The van der Waals surface area contributed by atoms with Gasteiger partial charge < -0.3 is 9.80 Å². The Bertz CT molecular complexity index is 853. The highest BCUT2D eigenvalue weighted by Crippen LogP contribution is 2.14. The van der Waals surface area contributed by atoms with Crippen molar-refractivity contribution in [3.05, 3.63) is 54.5 Å². The molecule has 0 N–H and O–H groups in total. The average Bonchev–Trinajstić information content (AvgIpc) is 2.68. The summed E-state index contributed by atoms with van der Waals surface area (Å²) in [5.74, 6) is 0.698. The van der Waals surface area contributed by atoms with Crippen LogP contribution in [0.4, 0.5) is 5.82 Å². The molecule has 8 nitrogen and oxygen atoms in total. The minimum absolute atomic E-state index is 0.131. The van der Waals surface area contributed by atoms with Crippen molar-refractivity contribution < 1.29 is 13.2 Å². The van der Waals surface area contributed by atoms with Gasteiger partial charge >= 0.3 is 0 Å². The van der Waals surface area contributed by atoms with Gasteiger partial charge in [-0.2, -0.15) is 4.31 Å². The van der Waals surface area contributed by atoms with Gasteiger partial charge in [0.25, 0.3) is 0 Å². The number of nitrogens with zero attached hydrogens (tertiary/aromatic N) is 5. The van der Waals surface area contributed by atoms with Gasteiger partial charge in [-0.05, 0) is 23.8 Å². The van der Waals surface area contributed by atoms with Crippen LogP contribution in [0, 0.1) is 0 Å². The van der Waals surface area contributed by atoms with Crippen molar-refractivity contribution in [2.75, 3.05) is 43.9 Å². The summed E-state index contributed by atoms with van der Waals surface area (Å²) in [7, 11) is -3.51. The van der Waals surface area contributed by atoms with Crippen LogP contribution in [0.1, 0.15) is 5.56 Å². The normalized spacial score (nSPS) is 15.2. The summed E-state index contributed by atoms with van der Waals surface area (Å²) in [5.41, 5.74) is 0.746. The number of hydrogen-bond acceptors (Lipinski definition) is 6. The molecular weight excluding hydrogens is 366 g/mol. The third-order valence-electron chi connectivity index (χ3n) is 4.47. The monoisotopic (exact) mass is 389 g/mol. The van der Waals surface area contributed by atoms with Gasteiger partial charge in [-0.3, -0.25) is 9.78 Å². The summed E-state index contributed by atoms with van der Waals surface area (Å²) < 4.78 is 25.4. The molecule has 1 aliphatic rings. The Hall–Kier alpha value is -2.52. The molecule has 3 heterocycles. The van der Waals surface area contributed by atoms with Crippen LogP contribution in [0.3, 0.4) is 0 Å². The second-order valence-electron chi connectivity index (χ2n) is 6.45. The number of carbonyl (C=O) groups is 1. The number of amides is 1. The molecule has 0 spiro atoms. The number of sulfonamides is 1. The number of pyridine rings is 2. The zero-order valence-corrected chi connectivity index (χ0v) is 16.0. The van der Waals surface area contributed by atoms with Gasteiger partial charge in [0.2, 0.25) is 15.9 Å². The maximum absolute atomic E-state index is 12.7. The third kappa shape index (κ3) is 5.24. The van der Waals surface area contributed by atoms with E-state index in [9.17, 15) is 13.2 Å². The molecule has 1 fully saturated rings. The van der Waals surface area contributed by atoms with Gasteiger partial charge in [0.1, 0.15) is 5.82 Å². The average molecular weight is 389 g/mol. The molecule has 144 valence electrons. The van der Waals surface area contributed by atoms with Crippen LogP contribution in [-0.4, -0.2) is 72.5 Å². The van der Waals surface area contributed by atoms with Gasteiger partial charge in [0.15, 0.2) is 0 Å². The standard InChI is InChI=1S/C18H23N5O3S/c1-27(25,26)23(14-16-5-4-7-19-13-16)15-18(24)22-11-9-21(10-12-22)17-6-2-3-8-20-17/h2-8,13H,9-12,14-15H2,1H3. The molecule has 2 aromatic rings. The van der Waals surface area contributed by atoms with E-state index in [1.165, 1.54) is 4.31 Å². The van der Waals surface area contributed by atoms with Crippen molar-refractivity contribution in [1.82, 2.24) is 19.2 Å². The molecule has 3 rings (SSSR count). The Morgan fingerprint density at radius 2 is 1.89 bits per heavy atom. The van der Waals surface area contributed by atoms with E-state index in [4.69, 9.17) is 0 Å². The minimum Gasteiger partial charge on any atom is -0.353 e. The number of rotatable bonds is 6. The van der Waals surface area contributed by atoms with Crippen LogP contribution >= 0.6 is 0 Å². The molecular formula is C18H23N5O3S. The molecule has 0 aromatic carbocycles. The summed E-state index contributed by atoms with van der Waals surface area (Å²) in [6, 6.07) is 9.28. The van der Waals surface area contributed by atoms with Crippen LogP contribution in [0.5, 0.6) is 0 Å². The molecule has 1 amide bonds. The van der Waals surface area contributed by atoms with Crippen LogP contribution in [-0.2, 0) is 21.4 Å². The van der Waals surface area contributed by atoms with Crippen LogP contribution in [0.15, 0.2) is 48.9 Å². The molecule has 2 aromatic heterocycles. The molecule has 0 saturated carbocycles. The highest BCUT2D eigenvalue weighted by molar-refractivity contribution is 7.88. The van der Waals surface area contributed by atoms with E-state index in [1.807, 2.05) is 18.2 Å². The Morgan fingerprint density at radius 3 is 2.48 bits per heavy atom. The van der Waals surface area contributed by atoms with E-state index in [2.05, 4.69) is 14.9 Å². The van der Waals surface area contributed by atoms with Crippen LogP contribution in [0.2, 0.25) is 0 Å². The minimum atomic E-state index is -3.51. The zero-order chi connectivity index (χ0) is 19.3. The molecule has 0 aliphatic carbocycles. The van der Waals surface area contributed by atoms with Gasteiger partial charge in [0.05, 0.1) is 12.8 Å². The van der Waals surface area contributed by atoms with E-state index < -0.39 is 10.0 Å². The number of carbonyl (C=O) groups excluding carboxylic acids is 1. The predicted octanol–water partition coefficient (Wildman–Crippen LogP) is 0.587. The summed E-state index contributed by atoms with van der Waals surface area (Å²) in [6.07, 6.45) is 6.10. The van der Waals surface area contributed by atoms with E-state index in [0.717, 1.165) is 17.6 Å². The van der Waals surface area contributed by atoms with Crippen molar-refractivity contribution in [2.24, 2.45) is 0 Å².